The van der Waals surface area contributed by atoms with Gasteiger partial charge in [0.05, 0.1) is 6.42 Å². The van der Waals surface area contributed by atoms with Crippen LogP contribution in [0.4, 0.5) is 0 Å². The molecule has 1 aromatic carbocycles. The van der Waals surface area contributed by atoms with E-state index in [4.69, 9.17) is 4.52 Å². The van der Waals surface area contributed by atoms with E-state index in [0.29, 0.717) is 5.69 Å². The van der Waals surface area contributed by atoms with Gasteiger partial charge in [-0.2, -0.15) is 0 Å². The Morgan fingerprint density at radius 3 is 2.78 bits per heavy atom. The Balaban J connectivity index is 1.39. The summed E-state index contributed by atoms with van der Waals surface area (Å²) in [7, 11) is 0. The van der Waals surface area contributed by atoms with Crippen LogP contribution in [0.2, 0.25) is 0 Å². The molecule has 3 rings (SSSR count). The maximum atomic E-state index is 12.1. The molecule has 2 heterocycles. The number of para-hydroxylation sites is 1. The van der Waals surface area contributed by atoms with Gasteiger partial charge in [-0.25, -0.2) is 0 Å². The van der Waals surface area contributed by atoms with E-state index >= 15 is 0 Å². The molecule has 5 heteroatoms. The smallest absolute Gasteiger partial charge is 0.226 e. The van der Waals surface area contributed by atoms with Crippen LogP contribution in [0.3, 0.4) is 0 Å². The lowest BCUT2D eigenvalue weighted by Crippen LogP contribution is -2.31. The molecule has 0 unspecified atom stereocenters. The first-order valence-electron chi connectivity index (χ1n) is 8.65. The van der Waals surface area contributed by atoms with Gasteiger partial charge >= 0.3 is 0 Å². The molecule has 0 saturated carbocycles. The summed E-state index contributed by atoms with van der Waals surface area (Å²) in [4.78, 5) is 14.6. The minimum absolute atomic E-state index is 0.0138. The van der Waals surface area contributed by atoms with Crippen molar-refractivity contribution >= 4 is 16.9 Å². The summed E-state index contributed by atoms with van der Waals surface area (Å²) in [6.07, 6.45) is 6.63. The number of hydrogen-bond acceptors (Lipinski definition) is 4. The van der Waals surface area contributed by atoms with Crippen LogP contribution in [0.5, 0.6) is 0 Å². The molecule has 1 aromatic heterocycles. The lowest BCUT2D eigenvalue weighted by Gasteiger charge is -2.19. The Bertz CT molecular complexity index is 630. The Labute approximate surface area is 137 Å². The summed E-state index contributed by atoms with van der Waals surface area (Å²) in [5.41, 5.74) is 1.45. The van der Waals surface area contributed by atoms with Crippen LogP contribution in [0.15, 0.2) is 28.8 Å². The zero-order valence-corrected chi connectivity index (χ0v) is 13.6. The largest absolute Gasteiger partial charge is 0.356 e. The van der Waals surface area contributed by atoms with Crippen molar-refractivity contribution in [3.63, 3.8) is 0 Å². The summed E-state index contributed by atoms with van der Waals surface area (Å²) in [6.45, 7) is 4.22. The molecule has 1 fully saturated rings. The van der Waals surface area contributed by atoms with Crippen molar-refractivity contribution < 1.29 is 9.32 Å². The van der Waals surface area contributed by atoms with Crippen molar-refractivity contribution in [3.05, 3.63) is 30.0 Å². The number of carbonyl (C=O) groups excluding carboxylic acids is 1. The minimum Gasteiger partial charge on any atom is -0.356 e. The van der Waals surface area contributed by atoms with Crippen LogP contribution in [-0.2, 0) is 11.2 Å². The van der Waals surface area contributed by atoms with Crippen LogP contribution in [0, 0.1) is 0 Å². The molecule has 2 aromatic rings. The molecular weight excluding hydrogens is 290 g/mol. The predicted octanol–water partition coefficient (Wildman–Crippen LogP) is 2.75. The van der Waals surface area contributed by atoms with Crippen molar-refractivity contribution in [2.75, 3.05) is 26.2 Å². The average Bonchev–Trinajstić information content (AvgIpc) is 2.79. The predicted molar refractivity (Wildman–Crippen MR) is 90.2 cm³/mol. The lowest BCUT2D eigenvalue weighted by atomic mass is 10.1. The standard InChI is InChI=1S/C18H25N3O2/c22-18(14-16-15-8-3-4-9-17(15)23-20-16)19-10-7-13-21-11-5-1-2-6-12-21/h3-4,8-9H,1-2,5-7,10-14H2,(H,19,22). The molecule has 124 valence electrons. The van der Waals surface area contributed by atoms with Gasteiger partial charge in [0, 0.05) is 11.9 Å². The van der Waals surface area contributed by atoms with Gasteiger partial charge in [-0.15, -0.1) is 0 Å². The van der Waals surface area contributed by atoms with Gasteiger partial charge < -0.3 is 14.7 Å². The third-order valence-corrected chi connectivity index (χ3v) is 4.45. The number of benzene rings is 1. The molecule has 1 aliphatic heterocycles. The maximum absolute atomic E-state index is 12.1. The van der Waals surface area contributed by atoms with E-state index in [-0.39, 0.29) is 12.3 Å². The first-order valence-corrected chi connectivity index (χ1v) is 8.65. The summed E-state index contributed by atoms with van der Waals surface area (Å²) in [6, 6.07) is 7.64. The second-order valence-corrected chi connectivity index (χ2v) is 6.26. The first-order chi connectivity index (χ1) is 11.3. The number of nitrogens with zero attached hydrogens (tertiary/aromatic N) is 2. The van der Waals surface area contributed by atoms with Gasteiger partial charge in [0.25, 0.3) is 0 Å². The number of fused-ring (bicyclic) bond motifs is 1. The Morgan fingerprint density at radius 1 is 1.17 bits per heavy atom. The molecule has 1 N–H and O–H groups in total. The molecule has 1 aliphatic rings. The highest BCUT2D eigenvalue weighted by molar-refractivity contribution is 5.86. The molecule has 0 spiro atoms. The minimum atomic E-state index is 0.0138. The Hall–Kier alpha value is -1.88. The van der Waals surface area contributed by atoms with Gasteiger partial charge in [-0.3, -0.25) is 4.79 Å². The normalized spacial score (nSPS) is 16.3. The van der Waals surface area contributed by atoms with Crippen LogP contribution in [-0.4, -0.2) is 42.1 Å². The molecule has 1 amide bonds. The molecule has 0 bridgehead atoms. The molecule has 0 atom stereocenters. The topological polar surface area (TPSA) is 58.4 Å². The van der Waals surface area contributed by atoms with Crippen LogP contribution >= 0.6 is 0 Å². The van der Waals surface area contributed by atoms with E-state index in [2.05, 4.69) is 15.4 Å². The SMILES string of the molecule is O=C(Cc1noc2ccccc12)NCCCN1CCCCCC1. The monoisotopic (exact) mass is 315 g/mol. The second kappa shape index (κ2) is 8.11. The molecule has 0 aliphatic carbocycles. The van der Waals surface area contributed by atoms with Crippen LogP contribution in [0.1, 0.15) is 37.8 Å². The third-order valence-electron chi connectivity index (χ3n) is 4.45. The van der Waals surface area contributed by atoms with Gasteiger partial charge in [-0.1, -0.05) is 30.1 Å². The van der Waals surface area contributed by atoms with Gasteiger partial charge in [0.1, 0.15) is 5.69 Å². The van der Waals surface area contributed by atoms with Crippen molar-refractivity contribution in [2.24, 2.45) is 0 Å². The summed E-state index contributed by atoms with van der Waals surface area (Å²) >= 11 is 0. The van der Waals surface area contributed by atoms with Crippen molar-refractivity contribution in [1.29, 1.82) is 0 Å². The van der Waals surface area contributed by atoms with Crippen molar-refractivity contribution in [3.8, 4) is 0 Å². The number of nitrogens with one attached hydrogen (secondary N) is 1. The highest BCUT2D eigenvalue weighted by Gasteiger charge is 2.12. The van der Waals surface area contributed by atoms with Gasteiger partial charge in [0.15, 0.2) is 5.58 Å². The number of hydrogen-bond donors (Lipinski definition) is 1. The van der Waals surface area contributed by atoms with Gasteiger partial charge in [0.2, 0.25) is 5.91 Å². The van der Waals surface area contributed by atoms with E-state index < -0.39 is 0 Å². The fourth-order valence-electron chi connectivity index (χ4n) is 3.17. The highest BCUT2D eigenvalue weighted by Crippen LogP contribution is 2.17. The fourth-order valence-corrected chi connectivity index (χ4v) is 3.17. The van der Waals surface area contributed by atoms with E-state index in [1.54, 1.807) is 0 Å². The fraction of sp³-hybridized carbons (Fsp3) is 0.556. The van der Waals surface area contributed by atoms with Crippen molar-refractivity contribution in [2.45, 2.75) is 38.5 Å². The quantitative estimate of drug-likeness (QED) is 0.833. The molecule has 1 saturated heterocycles. The zero-order valence-electron chi connectivity index (χ0n) is 13.6. The number of likely N-dealkylation sites (tertiary alicyclic amines) is 1. The molecule has 5 nitrogen and oxygen atoms in total. The average molecular weight is 315 g/mol. The second-order valence-electron chi connectivity index (χ2n) is 6.26. The Kier molecular flexibility index (Phi) is 5.64. The summed E-state index contributed by atoms with van der Waals surface area (Å²) in [5.74, 6) is 0.0138. The first kappa shape index (κ1) is 16.0. The van der Waals surface area contributed by atoms with E-state index in [0.717, 1.165) is 30.5 Å². The maximum Gasteiger partial charge on any atom is 0.226 e. The number of carbonyl (C=O) groups is 1. The van der Waals surface area contributed by atoms with E-state index in [1.807, 2.05) is 24.3 Å². The van der Waals surface area contributed by atoms with Crippen LogP contribution < -0.4 is 5.32 Å². The number of amides is 1. The van der Waals surface area contributed by atoms with Crippen molar-refractivity contribution in [1.82, 2.24) is 15.4 Å². The van der Waals surface area contributed by atoms with E-state index in [1.165, 1.54) is 38.8 Å². The Morgan fingerprint density at radius 2 is 1.96 bits per heavy atom. The number of aromatic nitrogens is 1. The highest BCUT2D eigenvalue weighted by atomic mass is 16.5. The molecule has 0 radical (unpaired) electrons. The zero-order chi connectivity index (χ0) is 15.9. The number of rotatable bonds is 6. The lowest BCUT2D eigenvalue weighted by molar-refractivity contribution is -0.120. The van der Waals surface area contributed by atoms with Gasteiger partial charge in [-0.05, 0) is 51.0 Å². The van der Waals surface area contributed by atoms with E-state index in [9.17, 15) is 4.79 Å². The summed E-state index contributed by atoms with van der Waals surface area (Å²) < 4.78 is 5.23. The van der Waals surface area contributed by atoms with Crippen LogP contribution in [0.25, 0.3) is 11.0 Å². The molecular formula is C18H25N3O2. The molecule has 23 heavy (non-hydrogen) atoms. The third kappa shape index (κ3) is 4.55. The summed E-state index contributed by atoms with van der Waals surface area (Å²) in [5, 5.41) is 7.92.